The molecule has 1 unspecified atom stereocenters. The Kier molecular flexibility index (Phi) is 8.03. The van der Waals surface area contributed by atoms with Gasteiger partial charge in [-0.25, -0.2) is 4.39 Å². The van der Waals surface area contributed by atoms with Crippen LogP contribution < -0.4 is 10.6 Å². The van der Waals surface area contributed by atoms with Gasteiger partial charge in [0, 0.05) is 24.1 Å². The third-order valence-electron chi connectivity index (χ3n) is 6.04. The topological polar surface area (TPSA) is 67.9 Å². The number of hydrogen-bond acceptors (Lipinski definition) is 4. The molecule has 2 fully saturated rings. The number of carbonyl (C=O) groups excluding carboxylic acids is 1. The fourth-order valence-electron chi connectivity index (χ4n) is 3.38. The molecule has 176 valence electrons. The molecule has 4 rings (SSSR count). The molecule has 1 amide bonds. The predicted molar refractivity (Wildman–Crippen MR) is 131 cm³/mol. The van der Waals surface area contributed by atoms with Gasteiger partial charge in [-0.2, -0.15) is 0 Å². The molecule has 2 aromatic rings. The normalized spacial score (nSPS) is 19.6. The average molecular weight is 452 g/mol. The van der Waals surface area contributed by atoms with Crippen molar-refractivity contribution in [1.29, 1.82) is 0 Å². The van der Waals surface area contributed by atoms with Crippen molar-refractivity contribution in [3.63, 3.8) is 0 Å². The predicted octanol–water partition coefficient (Wildman–Crippen LogP) is 6.12. The Bertz CT molecular complexity index is 994. The van der Waals surface area contributed by atoms with E-state index in [4.69, 9.17) is 10.6 Å². The van der Waals surface area contributed by atoms with Crippen molar-refractivity contribution >= 4 is 17.3 Å². The summed E-state index contributed by atoms with van der Waals surface area (Å²) in [6.07, 6.45) is 5.95. The van der Waals surface area contributed by atoms with Gasteiger partial charge in [-0.3, -0.25) is 15.4 Å². The van der Waals surface area contributed by atoms with Crippen molar-refractivity contribution in [3.05, 3.63) is 77.6 Å². The maximum Gasteiger partial charge on any atom is 0.257 e. The average Bonchev–Trinajstić information content (AvgIpc) is 3.63. The number of oxime groups is 1. The molecule has 0 aromatic heterocycles. The summed E-state index contributed by atoms with van der Waals surface area (Å²) in [4.78, 5) is 20.1. The molecule has 6 heteroatoms. The number of rotatable bonds is 7. The van der Waals surface area contributed by atoms with E-state index in [1.807, 2.05) is 44.2 Å². The van der Waals surface area contributed by atoms with Crippen LogP contribution in [0.1, 0.15) is 65.0 Å². The van der Waals surface area contributed by atoms with Crippen LogP contribution in [0, 0.1) is 11.7 Å². The zero-order valence-electron chi connectivity index (χ0n) is 19.9. The van der Waals surface area contributed by atoms with Gasteiger partial charge in [-0.1, -0.05) is 69.1 Å². The minimum absolute atomic E-state index is 0.148. The smallest absolute Gasteiger partial charge is 0.257 e. The van der Waals surface area contributed by atoms with Crippen LogP contribution in [0.25, 0.3) is 0 Å². The Morgan fingerprint density at radius 2 is 1.73 bits per heavy atom. The van der Waals surface area contributed by atoms with Crippen molar-refractivity contribution in [3.8, 4) is 0 Å². The Morgan fingerprint density at radius 3 is 2.24 bits per heavy atom. The van der Waals surface area contributed by atoms with E-state index in [-0.39, 0.29) is 17.8 Å². The van der Waals surface area contributed by atoms with Crippen LogP contribution in [0.2, 0.25) is 0 Å². The molecule has 1 aliphatic carbocycles. The first-order chi connectivity index (χ1) is 15.8. The number of hydrogen-bond donors (Lipinski definition) is 1. The molecule has 0 bridgehead atoms. The second-order valence-electron chi connectivity index (χ2n) is 8.84. The fraction of sp³-hybridized carbons (Fsp3) is 0.407. The van der Waals surface area contributed by atoms with E-state index >= 15 is 0 Å². The highest BCUT2D eigenvalue weighted by Crippen LogP contribution is 2.43. The van der Waals surface area contributed by atoms with Crippen LogP contribution in [0.5, 0.6) is 0 Å². The summed E-state index contributed by atoms with van der Waals surface area (Å²) in [7, 11) is 0. The van der Waals surface area contributed by atoms with E-state index in [2.05, 4.69) is 12.1 Å². The second kappa shape index (κ2) is 10.8. The number of halogens is 1. The van der Waals surface area contributed by atoms with E-state index < -0.39 is 5.72 Å². The molecule has 1 aliphatic heterocycles. The largest absolute Gasteiger partial charge is 0.373 e. The zero-order valence-corrected chi connectivity index (χ0v) is 19.9. The fourth-order valence-corrected chi connectivity index (χ4v) is 3.38. The van der Waals surface area contributed by atoms with Crippen LogP contribution in [0.15, 0.2) is 71.4 Å². The van der Waals surface area contributed by atoms with E-state index in [0.29, 0.717) is 29.8 Å². The second-order valence-corrected chi connectivity index (χ2v) is 8.84. The Hall–Kier alpha value is -2.99. The SMILES string of the molecule is CC1CC1.CCC(N)(CC)ON=C(C)C=C1C(=O)N(c2ccc(F)cc2)C1c1ccccc1. The number of amides is 1. The van der Waals surface area contributed by atoms with Crippen molar-refractivity contribution in [2.45, 2.75) is 65.1 Å². The van der Waals surface area contributed by atoms with Gasteiger partial charge in [0.2, 0.25) is 0 Å². The van der Waals surface area contributed by atoms with Gasteiger partial charge >= 0.3 is 0 Å². The number of allylic oxidation sites excluding steroid dienone is 1. The monoisotopic (exact) mass is 451 g/mol. The van der Waals surface area contributed by atoms with Crippen molar-refractivity contribution in [1.82, 2.24) is 0 Å². The van der Waals surface area contributed by atoms with Crippen molar-refractivity contribution < 1.29 is 14.0 Å². The van der Waals surface area contributed by atoms with E-state index in [1.54, 1.807) is 30.0 Å². The first kappa shape index (κ1) is 24.6. The highest BCUT2D eigenvalue weighted by atomic mass is 19.1. The molecular formula is C27H34FN3O2. The van der Waals surface area contributed by atoms with Crippen LogP contribution >= 0.6 is 0 Å². The molecule has 0 radical (unpaired) electrons. The lowest BCUT2D eigenvalue weighted by Crippen LogP contribution is -2.49. The molecule has 1 saturated carbocycles. The van der Waals surface area contributed by atoms with Crippen LogP contribution in [-0.2, 0) is 9.63 Å². The molecule has 2 aromatic carbocycles. The molecule has 1 saturated heterocycles. The van der Waals surface area contributed by atoms with Gasteiger partial charge in [0.1, 0.15) is 5.82 Å². The quantitative estimate of drug-likeness (QED) is 0.181. The molecule has 1 heterocycles. The molecule has 1 atom stereocenters. The maximum absolute atomic E-state index is 13.3. The van der Waals surface area contributed by atoms with E-state index in [1.165, 1.54) is 25.0 Å². The Labute approximate surface area is 196 Å². The molecule has 5 nitrogen and oxygen atoms in total. The van der Waals surface area contributed by atoms with Crippen LogP contribution in [-0.4, -0.2) is 17.3 Å². The number of benzene rings is 2. The Morgan fingerprint density at radius 1 is 1.15 bits per heavy atom. The Balaban J connectivity index is 0.000000690. The highest BCUT2D eigenvalue weighted by Gasteiger charge is 2.43. The van der Waals surface area contributed by atoms with E-state index in [9.17, 15) is 9.18 Å². The lowest BCUT2D eigenvalue weighted by Gasteiger charge is -2.43. The van der Waals surface area contributed by atoms with Gasteiger partial charge in [-0.15, -0.1) is 0 Å². The number of nitrogens with two attached hydrogens (primary N) is 1. The zero-order chi connectivity index (χ0) is 24.0. The number of carbonyl (C=O) groups is 1. The van der Waals surface area contributed by atoms with Gasteiger partial charge in [0.05, 0.1) is 11.8 Å². The minimum Gasteiger partial charge on any atom is -0.373 e. The minimum atomic E-state index is -0.817. The first-order valence-electron chi connectivity index (χ1n) is 11.6. The summed E-state index contributed by atoms with van der Waals surface area (Å²) in [6.45, 7) is 7.93. The lowest BCUT2D eigenvalue weighted by atomic mass is 9.86. The highest BCUT2D eigenvalue weighted by molar-refractivity contribution is 6.18. The standard InChI is InChI=1S/C23H26FN3O2.C4H8/c1-4-23(25,5-2)29-26-16(3)15-20-21(17-9-7-6-8-10-17)27(22(20)28)19-13-11-18(24)12-14-19;1-4-2-3-4/h6-15,21H,4-5,25H2,1-3H3;4H,2-3H2,1H3. The summed E-state index contributed by atoms with van der Waals surface area (Å²) in [5.41, 5.74) is 8.07. The maximum atomic E-state index is 13.3. The summed E-state index contributed by atoms with van der Waals surface area (Å²) in [5, 5.41) is 4.13. The lowest BCUT2D eigenvalue weighted by molar-refractivity contribution is -0.119. The molecule has 2 aliphatic rings. The molecule has 0 spiro atoms. The first-order valence-corrected chi connectivity index (χ1v) is 11.6. The third-order valence-corrected chi connectivity index (χ3v) is 6.04. The van der Waals surface area contributed by atoms with Crippen LogP contribution in [0.4, 0.5) is 10.1 Å². The molecule has 33 heavy (non-hydrogen) atoms. The van der Waals surface area contributed by atoms with Gasteiger partial charge in [0.25, 0.3) is 5.91 Å². The van der Waals surface area contributed by atoms with Crippen molar-refractivity contribution in [2.24, 2.45) is 16.8 Å². The van der Waals surface area contributed by atoms with Crippen LogP contribution in [0.3, 0.4) is 0 Å². The number of nitrogens with zero attached hydrogens (tertiary/aromatic N) is 2. The number of β-lactam (4-membered cyclic amide) rings is 1. The number of anilines is 1. The molecular weight excluding hydrogens is 417 g/mol. The third kappa shape index (κ3) is 6.29. The molecule has 2 N–H and O–H groups in total. The van der Waals surface area contributed by atoms with Gasteiger partial charge in [0.15, 0.2) is 5.72 Å². The van der Waals surface area contributed by atoms with E-state index in [0.717, 1.165) is 11.5 Å². The van der Waals surface area contributed by atoms with Gasteiger partial charge in [-0.05, 0) is 48.7 Å². The summed E-state index contributed by atoms with van der Waals surface area (Å²) in [6, 6.07) is 15.3. The summed E-state index contributed by atoms with van der Waals surface area (Å²) in [5.74, 6) is 0.594. The summed E-state index contributed by atoms with van der Waals surface area (Å²) >= 11 is 0. The summed E-state index contributed by atoms with van der Waals surface area (Å²) < 4.78 is 13.3. The van der Waals surface area contributed by atoms with Crippen molar-refractivity contribution in [2.75, 3.05) is 4.90 Å². The van der Waals surface area contributed by atoms with Gasteiger partial charge < -0.3 is 4.84 Å².